The molecule has 6 atom stereocenters. The number of halogens is 1. The first-order chi connectivity index (χ1) is 15.1. The fraction of sp³-hybridized carbons (Fsp3) is 0.895. The van der Waals surface area contributed by atoms with Crippen LogP contribution in [0.15, 0.2) is 0 Å². The van der Waals surface area contributed by atoms with E-state index in [2.05, 4.69) is 5.09 Å². The zero-order valence-corrected chi connectivity index (χ0v) is 22.7. The van der Waals surface area contributed by atoms with Crippen molar-refractivity contribution in [2.24, 2.45) is 5.41 Å². The summed E-state index contributed by atoms with van der Waals surface area (Å²) in [6.07, 6.45) is -2.31. The molecule has 10 nitrogen and oxygen atoms in total. The van der Waals surface area contributed by atoms with Gasteiger partial charge in [-0.1, -0.05) is 11.8 Å². The number of nitrogens with one attached hydrogen (secondary N) is 1. The van der Waals surface area contributed by atoms with Crippen LogP contribution in [0.4, 0.5) is 0 Å². The van der Waals surface area contributed by atoms with Crippen molar-refractivity contribution >= 4 is 50.0 Å². The molecular formula is C19H36BClNO9PS. The molecule has 0 bridgehead atoms. The Balaban J connectivity index is 2.80. The highest BCUT2D eigenvalue weighted by Crippen LogP contribution is 2.46. The molecule has 0 saturated carbocycles. The number of alkyl halides is 1. The minimum absolute atomic E-state index is 0.140. The number of carbonyl (C=O) groups is 2. The smallest absolute Gasteiger partial charge is 0.406 e. The second-order valence-corrected chi connectivity index (χ2v) is 12.7. The number of carbonyl (C=O) groups excluding carboxylic acids is 2. The molecule has 0 aliphatic carbocycles. The monoisotopic (exact) mass is 531 g/mol. The molecule has 0 spiro atoms. The molecule has 1 fully saturated rings. The van der Waals surface area contributed by atoms with Crippen LogP contribution in [0.1, 0.15) is 41.5 Å². The van der Waals surface area contributed by atoms with Gasteiger partial charge in [0.05, 0.1) is 36.2 Å². The van der Waals surface area contributed by atoms with Crippen molar-refractivity contribution in [1.29, 1.82) is 0 Å². The summed E-state index contributed by atoms with van der Waals surface area (Å²) in [5.74, 6) is -0.507. The number of aliphatic hydroxyl groups is 2. The molecule has 1 unspecified atom stereocenters. The lowest BCUT2D eigenvalue weighted by Crippen LogP contribution is -2.41. The second-order valence-electron chi connectivity index (χ2n) is 9.05. The Labute approximate surface area is 205 Å². The molecular weight excluding hydrogens is 496 g/mol. The predicted octanol–water partition coefficient (Wildman–Crippen LogP) is 1.05. The molecule has 3 N–H and O–H groups in total. The van der Waals surface area contributed by atoms with Gasteiger partial charge in [0.25, 0.3) is 0 Å². The number of aliphatic hydroxyl groups excluding tert-OH is 2. The fourth-order valence-electron chi connectivity index (χ4n) is 2.66. The van der Waals surface area contributed by atoms with E-state index in [1.807, 2.05) is 0 Å². The molecule has 0 amide bonds. The van der Waals surface area contributed by atoms with Crippen molar-refractivity contribution in [3.05, 3.63) is 0 Å². The number of esters is 1. The van der Waals surface area contributed by atoms with Crippen LogP contribution in [-0.2, 0) is 32.7 Å². The maximum atomic E-state index is 13.4. The van der Waals surface area contributed by atoms with Gasteiger partial charge in [0.1, 0.15) is 26.1 Å². The van der Waals surface area contributed by atoms with Gasteiger partial charge < -0.3 is 19.7 Å². The summed E-state index contributed by atoms with van der Waals surface area (Å²) in [6.45, 7) is 8.90. The molecule has 0 aromatic rings. The molecule has 1 aliphatic rings. The van der Waals surface area contributed by atoms with Gasteiger partial charge in [0.15, 0.2) is 5.12 Å². The Kier molecular flexibility index (Phi) is 11.9. The fourth-order valence-corrected chi connectivity index (χ4v) is 5.26. The Morgan fingerprint density at radius 1 is 1.33 bits per heavy atom. The largest absolute Gasteiger partial charge is 0.462 e. The van der Waals surface area contributed by atoms with E-state index in [9.17, 15) is 24.4 Å². The summed E-state index contributed by atoms with van der Waals surface area (Å²) in [7, 11) is -2.37. The van der Waals surface area contributed by atoms with E-state index < -0.39 is 48.3 Å². The molecule has 192 valence electrons. The molecule has 1 heterocycles. The van der Waals surface area contributed by atoms with Crippen LogP contribution in [-0.4, -0.2) is 89.9 Å². The third-order valence-corrected chi connectivity index (χ3v) is 8.53. The predicted molar refractivity (Wildman–Crippen MR) is 129 cm³/mol. The minimum atomic E-state index is -4.08. The average molecular weight is 532 g/mol. The maximum Gasteiger partial charge on any atom is 0.406 e. The van der Waals surface area contributed by atoms with Crippen molar-refractivity contribution < 1.29 is 42.9 Å². The van der Waals surface area contributed by atoms with E-state index in [1.54, 1.807) is 42.5 Å². The van der Waals surface area contributed by atoms with E-state index in [-0.39, 0.29) is 36.8 Å². The topological polar surface area (TPSA) is 141 Å². The van der Waals surface area contributed by atoms with Gasteiger partial charge in [-0.15, -0.1) is 11.6 Å². The van der Waals surface area contributed by atoms with Gasteiger partial charge in [-0.2, -0.15) is 0 Å². The zero-order valence-electron chi connectivity index (χ0n) is 20.2. The molecule has 1 aliphatic heterocycles. The summed E-state index contributed by atoms with van der Waals surface area (Å²) in [4.78, 5) is 23.2. The van der Waals surface area contributed by atoms with Crippen molar-refractivity contribution in [2.75, 3.05) is 25.6 Å². The normalized spacial score (nSPS) is 28.5. The van der Waals surface area contributed by atoms with Gasteiger partial charge in [-0.25, -0.2) is 9.65 Å². The first-order valence-corrected chi connectivity index (χ1v) is 13.6. The lowest BCUT2D eigenvalue weighted by atomic mass is 9.85. The van der Waals surface area contributed by atoms with Crippen LogP contribution >= 0.6 is 31.1 Å². The standard InChI is InChI=1S/C19H36BClNO9PS/c1-11(2)30-15(25)12(3)22-32(27,28-7-8-33-17(26)18(4,5)10-23)29-9-13-14(24)19(6,21)16(20)31-13/h11-14,16,23-24H,7-10,20H2,1-6H3,(H,22,27)/t12-,13-,14-,16-,19-,32?/m1/s1. The lowest BCUT2D eigenvalue weighted by molar-refractivity contribution is -0.149. The van der Waals surface area contributed by atoms with Gasteiger partial charge in [0.2, 0.25) is 0 Å². The van der Waals surface area contributed by atoms with E-state index in [0.717, 1.165) is 11.8 Å². The third kappa shape index (κ3) is 9.09. The van der Waals surface area contributed by atoms with Crippen LogP contribution in [0, 0.1) is 5.41 Å². The van der Waals surface area contributed by atoms with E-state index in [0.29, 0.717) is 0 Å². The number of thioether (sulfide) groups is 1. The summed E-state index contributed by atoms with van der Waals surface area (Å²) in [6, 6.07) is -1.50. The summed E-state index contributed by atoms with van der Waals surface area (Å²) >= 11 is 7.23. The van der Waals surface area contributed by atoms with Gasteiger partial charge in [-0.05, 0) is 41.5 Å². The van der Waals surface area contributed by atoms with Crippen LogP contribution in [0.3, 0.4) is 0 Å². The van der Waals surface area contributed by atoms with E-state index >= 15 is 0 Å². The number of ether oxygens (including phenoxy) is 2. The third-order valence-electron chi connectivity index (χ3n) is 5.10. The maximum absolute atomic E-state index is 13.4. The van der Waals surface area contributed by atoms with Crippen molar-refractivity contribution in [2.45, 2.75) is 76.8 Å². The second kappa shape index (κ2) is 12.7. The summed E-state index contributed by atoms with van der Waals surface area (Å²) in [5, 5.41) is 22.0. The SMILES string of the molecule is B[C@@H]1O[C@H](COP(=O)(N[C@H](C)C(=O)OC(C)C)OCCSC(=O)C(C)(C)CO)[C@@H](O)[C@@]1(C)Cl. The number of hydrogen-bond acceptors (Lipinski definition) is 10. The highest BCUT2D eigenvalue weighted by Gasteiger charge is 2.50. The van der Waals surface area contributed by atoms with Crippen LogP contribution in [0.2, 0.25) is 0 Å². The first-order valence-electron chi connectivity index (χ1n) is 10.7. The van der Waals surface area contributed by atoms with Crippen molar-refractivity contribution in [3.63, 3.8) is 0 Å². The first kappa shape index (κ1) is 30.9. The highest BCUT2D eigenvalue weighted by molar-refractivity contribution is 8.13. The molecule has 1 saturated heterocycles. The van der Waals surface area contributed by atoms with Gasteiger partial charge in [0, 0.05) is 11.8 Å². The number of hydrogen-bond donors (Lipinski definition) is 3. The molecule has 0 radical (unpaired) electrons. The minimum Gasteiger partial charge on any atom is -0.462 e. The summed E-state index contributed by atoms with van der Waals surface area (Å²) in [5.41, 5.74) is -0.918. The van der Waals surface area contributed by atoms with E-state index in [1.165, 1.54) is 6.92 Å². The Morgan fingerprint density at radius 3 is 2.42 bits per heavy atom. The Hall–Kier alpha value is -0.165. The van der Waals surface area contributed by atoms with Crippen LogP contribution < -0.4 is 5.09 Å². The lowest BCUT2D eigenvalue weighted by Gasteiger charge is -2.26. The van der Waals surface area contributed by atoms with Crippen molar-refractivity contribution in [3.8, 4) is 0 Å². The van der Waals surface area contributed by atoms with Gasteiger partial charge in [-0.3, -0.25) is 18.6 Å². The zero-order chi connectivity index (χ0) is 25.6. The highest BCUT2D eigenvalue weighted by atomic mass is 35.5. The number of rotatable bonds is 13. The van der Waals surface area contributed by atoms with E-state index in [4.69, 9.17) is 30.1 Å². The molecule has 33 heavy (non-hydrogen) atoms. The average Bonchev–Trinajstić information content (AvgIpc) is 2.91. The van der Waals surface area contributed by atoms with Crippen molar-refractivity contribution in [1.82, 2.24) is 5.09 Å². The van der Waals surface area contributed by atoms with Crippen LogP contribution in [0.25, 0.3) is 0 Å². The Bertz CT molecular complexity index is 727. The molecule has 1 rings (SSSR count). The van der Waals surface area contributed by atoms with Crippen LogP contribution in [0.5, 0.6) is 0 Å². The van der Waals surface area contributed by atoms with Gasteiger partial charge >= 0.3 is 13.7 Å². The molecule has 14 heteroatoms. The molecule has 0 aromatic carbocycles. The molecule has 0 aromatic heterocycles. The summed E-state index contributed by atoms with van der Waals surface area (Å²) < 4.78 is 35.0. The quantitative estimate of drug-likeness (QED) is 0.103. The Morgan fingerprint density at radius 2 is 1.94 bits per heavy atom.